The van der Waals surface area contributed by atoms with Crippen LogP contribution in [0.25, 0.3) is 0 Å². The summed E-state index contributed by atoms with van der Waals surface area (Å²) in [4.78, 5) is 18.5. The minimum Gasteiger partial charge on any atom is -0.449 e. The largest absolute Gasteiger partial charge is 0.449 e. The number of aryl methyl sites for hydroxylation is 1. The van der Waals surface area contributed by atoms with Gasteiger partial charge in [-0.2, -0.15) is 0 Å². The lowest BCUT2D eigenvalue weighted by atomic mass is 9.96. The minimum atomic E-state index is -0.190. The Balaban J connectivity index is 1.91. The smallest absolute Gasteiger partial charge is 0.409 e. The lowest BCUT2D eigenvalue weighted by molar-refractivity contribution is 0.0909. The summed E-state index contributed by atoms with van der Waals surface area (Å²) < 4.78 is 7.35. The first-order valence-corrected chi connectivity index (χ1v) is 8.78. The molecule has 0 atom stereocenters. The Morgan fingerprint density at radius 2 is 2.13 bits per heavy atom. The average Bonchev–Trinajstić information content (AvgIpc) is 2.98. The molecule has 1 fully saturated rings. The summed E-state index contributed by atoms with van der Waals surface area (Å²) in [5, 5.41) is 9.22. The maximum atomic E-state index is 12.0. The van der Waals surface area contributed by atoms with Gasteiger partial charge in [0.15, 0.2) is 0 Å². The Hall–Kier alpha value is -1.56. The Bertz CT molecular complexity index is 493. The molecule has 0 radical (unpaired) electrons. The van der Waals surface area contributed by atoms with Gasteiger partial charge < -0.3 is 19.3 Å². The highest BCUT2D eigenvalue weighted by Crippen LogP contribution is 2.28. The summed E-state index contributed by atoms with van der Waals surface area (Å²) in [5.74, 6) is 1.40. The van der Waals surface area contributed by atoms with Crippen molar-refractivity contribution in [3.8, 4) is 0 Å². The first-order valence-electron chi connectivity index (χ1n) is 8.78. The van der Waals surface area contributed by atoms with Crippen LogP contribution >= 0.6 is 0 Å². The number of aliphatic hydroxyl groups is 1. The Morgan fingerprint density at radius 1 is 1.39 bits per heavy atom. The highest BCUT2D eigenvalue weighted by molar-refractivity contribution is 5.67. The molecule has 1 aliphatic heterocycles. The number of piperidine rings is 1. The van der Waals surface area contributed by atoms with E-state index in [0.29, 0.717) is 32.2 Å². The van der Waals surface area contributed by atoms with Gasteiger partial charge in [0.1, 0.15) is 5.82 Å². The molecule has 1 amide bonds. The van der Waals surface area contributed by atoms with Crippen LogP contribution in [0.5, 0.6) is 0 Å². The monoisotopic (exact) mass is 323 g/mol. The number of unbranched alkanes of at least 4 members (excludes halogenated alkanes) is 1. The molecule has 1 aliphatic rings. The highest BCUT2D eigenvalue weighted by Gasteiger charge is 2.27. The van der Waals surface area contributed by atoms with Crippen molar-refractivity contribution in [2.24, 2.45) is 0 Å². The number of aromatic nitrogens is 2. The fourth-order valence-electron chi connectivity index (χ4n) is 2.98. The SMILES string of the molecule is CCCCOC(=O)N1CCC(c2nc(CC)cn2CCO)CC1. The van der Waals surface area contributed by atoms with Crippen LogP contribution in [0, 0.1) is 0 Å². The van der Waals surface area contributed by atoms with Crippen LogP contribution in [0.1, 0.15) is 57.0 Å². The van der Waals surface area contributed by atoms with Crippen LogP contribution in [-0.2, 0) is 17.7 Å². The molecule has 0 spiro atoms. The molecule has 6 heteroatoms. The van der Waals surface area contributed by atoms with E-state index in [1.165, 1.54) is 0 Å². The van der Waals surface area contributed by atoms with Crippen molar-refractivity contribution < 1.29 is 14.6 Å². The maximum Gasteiger partial charge on any atom is 0.409 e. The topological polar surface area (TPSA) is 67.6 Å². The van der Waals surface area contributed by atoms with E-state index in [2.05, 4.69) is 18.4 Å². The van der Waals surface area contributed by atoms with E-state index in [4.69, 9.17) is 9.72 Å². The van der Waals surface area contributed by atoms with Crippen LogP contribution < -0.4 is 0 Å². The number of hydrogen-bond acceptors (Lipinski definition) is 4. The van der Waals surface area contributed by atoms with Gasteiger partial charge in [-0.1, -0.05) is 20.3 Å². The van der Waals surface area contributed by atoms with Crippen molar-refractivity contribution >= 4 is 6.09 Å². The van der Waals surface area contributed by atoms with Gasteiger partial charge in [0.2, 0.25) is 0 Å². The second-order valence-electron chi connectivity index (χ2n) is 6.09. The average molecular weight is 323 g/mol. The van der Waals surface area contributed by atoms with Crippen LogP contribution in [-0.4, -0.2) is 52.0 Å². The molecule has 1 saturated heterocycles. The summed E-state index contributed by atoms with van der Waals surface area (Å²) in [5.41, 5.74) is 1.06. The third-order valence-corrected chi connectivity index (χ3v) is 4.40. The van der Waals surface area contributed by atoms with E-state index in [1.54, 1.807) is 4.90 Å². The van der Waals surface area contributed by atoms with Gasteiger partial charge in [-0.05, 0) is 25.7 Å². The molecule has 0 unspecified atom stereocenters. The first-order chi connectivity index (χ1) is 11.2. The molecule has 0 aromatic carbocycles. The minimum absolute atomic E-state index is 0.120. The fraction of sp³-hybridized carbons (Fsp3) is 0.765. The van der Waals surface area contributed by atoms with Crippen molar-refractivity contribution in [3.05, 3.63) is 17.7 Å². The summed E-state index contributed by atoms with van der Waals surface area (Å²) >= 11 is 0. The van der Waals surface area contributed by atoms with Crippen LogP contribution in [0.15, 0.2) is 6.20 Å². The van der Waals surface area contributed by atoms with Crippen LogP contribution in [0.2, 0.25) is 0 Å². The van der Waals surface area contributed by atoms with Gasteiger partial charge in [0, 0.05) is 31.7 Å². The molecule has 2 rings (SSSR count). The van der Waals surface area contributed by atoms with Crippen molar-refractivity contribution in [3.63, 3.8) is 0 Å². The molecule has 0 bridgehead atoms. The van der Waals surface area contributed by atoms with Gasteiger partial charge in [-0.25, -0.2) is 9.78 Å². The number of amides is 1. The number of rotatable bonds is 7. The molecule has 23 heavy (non-hydrogen) atoms. The summed E-state index contributed by atoms with van der Waals surface area (Å²) in [6.45, 7) is 6.81. The molecule has 1 N–H and O–H groups in total. The third kappa shape index (κ3) is 4.70. The quantitative estimate of drug-likeness (QED) is 0.783. The number of aliphatic hydroxyl groups excluding tert-OH is 1. The van der Waals surface area contributed by atoms with Crippen molar-refractivity contribution in [1.82, 2.24) is 14.5 Å². The molecule has 6 nitrogen and oxygen atoms in total. The lowest BCUT2D eigenvalue weighted by Crippen LogP contribution is -2.38. The summed E-state index contributed by atoms with van der Waals surface area (Å²) in [6.07, 6.45) is 6.49. The number of hydrogen-bond donors (Lipinski definition) is 1. The molecule has 1 aromatic rings. The van der Waals surface area contributed by atoms with Gasteiger partial charge in [0.25, 0.3) is 0 Å². The van der Waals surface area contributed by atoms with E-state index in [0.717, 1.165) is 43.6 Å². The lowest BCUT2D eigenvalue weighted by Gasteiger charge is -2.31. The molecule has 0 saturated carbocycles. The summed E-state index contributed by atoms with van der Waals surface area (Å²) in [6, 6.07) is 0. The normalized spacial score (nSPS) is 15.9. The molecule has 130 valence electrons. The van der Waals surface area contributed by atoms with Gasteiger partial charge in [-0.3, -0.25) is 0 Å². The number of ether oxygens (including phenoxy) is 1. The van der Waals surface area contributed by atoms with Crippen molar-refractivity contribution in [1.29, 1.82) is 0 Å². The summed E-state index contributed by atoms with van der Waals surface area (Å²) in [7, 11) is 0. The maximum absolute atomic E-state index is 12.0. The van der Waals surface area contributed by atoms with Gasteiger partial charge in [0.05, 0.1) is 18.9 Å². The standard InChI is InChI=1S/C17H29N3O3/c1-3-5-12-23-17(22)19-8-6-14(7-9-19)16-18-15(4-2)13-20(16)10-11-21/h13-14,21H,3-12H2,1-2H3. The zero-order valence-corrected chi connectivity index (χ0v) is 14.3. The number of likely N-dealkylation sites (tertiary alicyclic amines) is 1. The van der Waals surface area contributed by atoms with E-state index in [-0.39, 0.29) is 12.7 Å². The Labute approximate surface area is 138 Å². The third-order valence-electron chi connectivity index (χ3n) is 4.40. The second-order valence-corrected chi connectivity index (χ2v) is 6.09. The van der Waals surface area contributed by atoms with Crippen LogP contribution in [0.4, 0.5) is 4.79 Å². The number of carbonyl (C=O) groups is 1. The number of imidazole rings is 1. The Morgan fingerprint density at radius 3 is 2.74 bits per heavy atom. The molecular formula is C17H29N3O3. The van der Waals surface area contributed by atoms with E-state index >= 15 is 0 Å². The zero-order valence-electron chi connectivity index (χ0n) is 14.3. The highest BCUT2D eigenvalue weighted by atomic mass is 16.6. The first kappa shape index (κ1) is 17.8. The number of nitrogens with zero attached hydrogens (tertiary/aromatic N) is 3. The van der Waals surface area contributed by atoms with Crippen molar-refractivity contribution in [2.75, 3.05) is 26.3 Å². The van der Waals surface area contributed by atoms with E-state index < -0.39 is 0 Å². The number of carbonyl (C=O) groups excluding carboxylic acids is 1. The van der Waals surface area contributed by atoms with Crippen molar-refractivity contribution in [2.45, 2.75) is 58.4 Å². The van der Waals surface area contributed by atoms with Gasteiger partial charge >= 0.3 is 6.09 Å². The fourth-order valence-corrected chi connectivity index (χ4v) is 2.98. The Kier molecular flexibility index (Phi) is 6.89. The molecular weight excluding hydrogens is 294 g/mol. The predicted molar refractivity (Wildman–Crippen MR) is 88.5 cm³/mol. The van der Waals surface area contributed by atoms with E-state index in [1.807, 2.05) is 6.20 Å². The predicted octanol–water partition coefficient (Wildman–Crippen LogP) is 2.55. The van der Waals surface area contributed by atoms with Gasteiger partial charge in [-0.15, -0.1) is 0 Å². The molecule has 0 aliphatic carbocycles. The van der Waals surface area contributed by atoms with Crippen LogP contribution in [0.3, 0.4) is 0 Å². The zero-order chi connectivity index (χ0) is 16.7. The van der Waals surface area contributed by atoms with E-state index in [9.17, 15) is 9.90 Å². The second kappa shape index (κ2) is 8.91. The molecule has 1 aromatic heterocycles. The molecule has 2 heterocycles.